The number of amides is 1. The number of aryl methyl sites for hydroxylation is 2. The molecule has 27 heavy (non-hydrogen) atoms. The third-order valence-electron chi connectivity index (χ3n) is 4.56. The number of nitrogens with one attached hydrogen (secondary N) is 1. The molecule has 2 N–H and O–H groups in total. The lowest BCUT2D eigenvalue weighted by molar-refractivity contribution is -0.131. The Kier molecular flexibility index (Phi) is 8.58. The Morgan fingerprint density at radius 1 is 1.22 bits per heavy atom. The molecule has 1 fully saturated rings. The fourth-order valence-electron chi connectivity index (χ4n) is 3.28. The van der Waals surface area contributed by atoms with Crippen molar-refractivity contribution in [2.45, 2.75) is 57.2 Å². The number of carbonyl (C=O) groups is 1. The zero-order valence-electron chi connectivity index (χ0n) is 16.0. The Morgan fingerprint density at radius 2 is 1.81 bits per heavy atom. The molecule has 1 saturated heterocycles. The van der Waals surface area contributed by atoms with E-state index < -0.39 is 0 Å². The molecule has 1 aliphatic rings. The van der Waals surface area contributed by atoms with Crippen LogP contribution in [-0.2, 0) is 24.1 Å². The highest BCUT2D eigenvalue weighted by Gasteiger charge is 2.31. The van der Waals surface area contributed by atoms with E-state index in [2.05, 4.69) is 29.4 Å². The quantitative estimate of drug-likeness (QED) is 0.480. The van der Waals surface area contributed by atoms with E-state index in [-0.39, 0.29) is 11.3 Å². The maximum atomic E-state index is 12.1. The van der Waals surface area contributed by atoms with Gasteiger partial charge in [0, 0.05) is 25.8 Å². The lowest BCUT2D eigenvalue weighted by atomic mass is 9.95. The number of phenols is 1. The average Bonchev–Trinajstić information content (AvgIpc) is 2.99. The normalized spacial score (nSPS) is 16.3. The standard InChI is InChI=1S/C22H28N2O2S/c1-4-7-9-11-18-13-17(14-19(22(18)26)12-10-8-5-2)15-21-24(23-6-3)20(25)16-27-21/h1-2,13-14,21,23,26H,6-12,15-16H2,3H3. The first-order valence-corrected chi connectivity index (χ1v) is 10.5. The summed E-state index contributed by atoms with van der Waals surface area (Å²) in [5.74, 6) is 6.29. The van der Waals surface area contributed by atoms with Gasteiger partial charge in [-0.25, -0.2) is 5.43 Å². The maximum absolute atomic E-state index is 12.1. The van der Waals surface area contributed by atoms with E-state index in [0.717, 1.165) is 48.8 Å². The van der Waals surface area contributed by atoms with E-state index >= 15 is 0 Å². The number of benzene rings is 1. The summed E-state index contributed by atoms with van der Waals surface area (Å²) >= 11 is 1.65. The molecule has 1 aliphatic heterocycles. The Hall–Kier alpha value is -2.08. The number of rotatable bonds is 10. The summed E-state index contributed by atoms with van der Waals surface area (Å²) in [5.41, 5.74) is 6.16. The fourth-order valence-corrected chi connectivity index (χ4v) is 4.40. The van der Waals surface area contributed by atoms with Gasteiger partial charge < -0.3 is 5.11 Å². The predicted octanol–water partition coefficient (Wildman–Crippen LogP) is 3.27. The van der Waals surface area contributed by atoms with Crippen LogP contribution in [-0.4, -0.2) is 33.7 Å². The van der Waals surface area contributed by atoms with Crippen LogP contribution < -0.4 is 5.43 Å². The third kappa shape index (κ3) is 5.96. The summed E-state index contributed by atoms with van der Waals surface area (Å²) in [6.07, 6.45) is 16.0. The minimum absolute atomic E-state index is 0.0686. The number of nitrogens with zero attached hydrogens (tertiary/aromatic N) is 1. The van der Waals surface area contributed by atoms with Crippen molar-refractivity contribution < 1.29 is 9.90 Å². The van der Waals surface area contributed by atoms with Crippen molar-refractivity contribution >= 4 is 17.7 Å². The van der Waals surface area contributed by atoms with Gasteiger partial charge in [0.15, 0.2) is 0 Å². The summed E-state index contributed by atoms with van der Waals surface area (Å²) in [6.45, 7) is 2.70. The molecule has 4 nitrogen and oxygen atoms in total. The van der Waals surface area contributed by atoms with Gasteiger partial charge in [0.2, 0.25) is 5.91 Å². The number of hydrogen-bond donors (Lipinski definition) is 2. The smallest absolute Gasteiger partial charge is 0.247 e. The molecule has 1 heterocycles. The molecule has 0 spiro atoms. The molecule has 1 amide bonds. The minimum Gasteiger partial charge on any atom is -0.507 e. The largest absolute Gasteiger partial charge is 0.507 e. The second-order valence-electron chi connectivity index (χ2n) is 6.62. The summed E-state index contributed by atoms with van der Waals surface area (Å²) in [6, 6.07) is 4.12. The van der Waals surface area contributed by atoms with Crippen LogP contribution in [0.1, 0.15) is 49.3 Å². The van der Waals surface area contributed by atoms with Crippen molar-refractivity contribution in [1.29, 1.82) is 0 Å². The first-order valence-electron chi connectivity index (χ1n) is 9.48. The molecule has 0 radical (unpaired) electrons. The predicted molar refractivity (Wildman–Crippen MR) is 112 cm³/mol. The molecule has 0 aromatic heterocycles. The van der Waals surface area contributed by atoms with Gasteiger partial charge in [0.05, 0.1) is 11.1 Å². The molecule has 1 unspecified atom stereocenters. The van der Waals surface area contributed by atoms with Crippen molar-refractivity contribution in [1.82, 2.24) is 10.4 Å². The molecule has 0 aliphatic carbocycles. The van der Waals surface area contributed by atoms with Gasteiger partial charge in [0.1, 0.15) is 5.75 Å². The molecule has 1 aromatic rings. The van der Waals surface area contributed by atoms with Crippen molar-refractivity contribution in [3.8, 4) is 30.4 Å². The number of hydrogen-bond acceptors (Lipinski definition) is 4. The summed E-state index contributed by atoms with van der Waals surface area (Å²) < 4.78 is 0. The van der Waals surface area contributed by atoms with E-state index in [1.807, 2.05) is 6.92 Å². The zero-order chi connectivity index (χ0) is 19.6. The number of phenolic OH excluding ortho intramolecular Hbond substituents is 1. The summed E-state index contributed by atoms with van der Waals surface area (Å²) in [4.78, 5) is 12.1. The maximum Gasteiger partial charge on any atom is 0.247 e. The van der Waals surface area contributed by atoms with Crippen LogP contribution in [0, 0.1) is 24.7 Å². The summed E-state index contributed by atoms with van der Waals surface area (Å²) in [5, 5.41) is 12.5. The number of terminal acetylenes is 2. The Bertz CT molecular complexity index is 692. The average molecular weight is 385 g/mol. The van der Waals surface area contributed by atoms with Crippen LogP contribution >= 0.6 is 11.8 Å². The lowest BCUT2D eigenvalue weighted by Crippen LogP contribution is -2.44. The van der Waals surface area contributed by atoms with Crippen molar-refractivity contribution in [3.05, 3.63) is 28.8 Å². The van der Waals surface area contributed by atoms with E-state index in [0.29, 0.717) is 30.9 Å². The highest BCUT2D eigenvalue weighted by atomic mass is 32.2. The molecule has 2 rings (SSSR count). The van der Waals surface area contributed by atoms with Crippen LogP contribution in [0.25, 0.3) is 0 Å². The first-order chi connectivity index (χ1) is 13.1. The van der Waals surface area contributed by atoms with Gasteiger partial charge in [-0.15, -0.1) is 36.4 Å². The number of unbranched alkanes of at least 4 members (excludes halogenated alkanes) is 2. The Labute approximate surface area is 167 Å². The first kappa shape index (κ1) is 21.2. The Balaban J connectivity index is 2.21. The number of carbonyl (C=O) groups excluding carboxylic acids is 1. The van der Waals surface area contributed by atoms with Crippen LogP contribution in [0.3, 0.4) is 0 Å². The molecular weight excluding hydrogens is 356 g/mol. The topological polar surface area (TPSA) is 52.6 Å². The van der Waals surface area contributed by atoms with Gasteiger partial charge in [-0.2, -0.15) is 0 Å². The van der Waals surface area contributed by atoms with E-state index in [1.54, 1.807) is 16.8 Å². The van der Waals surface area contributed by atoms with Gasteiger partial charge in [-0.05, 0) is 42.4 Å². The monoisotopic (exact) mass is 384 g/mol. The molecular formula is C22H28N2O2S. The van der Waals surface area contributed by atoms with Crippen molar-refractivity contribution in [2.24, 2.45) is 0 Å². The van der Waals surface area contributed by atoms with Gasteiger partial charge >= 0.3 is 0 Å². The van der Waals surface area contributed by atoms with Gasteiger partial charge in [-0.3, -0.25) is 9.80 Å². The third-order valence-corrected chi connectivity index (χ3v) is 5.73. The highest BCUT2D eigenvalue weighted by molar-refractivity contribution is 8.00. The van der Waals surface area contributed by atoms with Crippen LogP contribution in [0.5, 0.6) is 5.75 Å². The molecule has 0 bridgehead atoms. The van der Waals surface area contributed by atoms with E-state index in [9.17, 15) is 9.90 Å². The Morgan fingerprint density at radius 3 is 2.33 bits per heavy atom. The molecule has 1 atom stereocenters. The van der Waals surface area contributed by atoms with Crippen molar-refractivity contribution in [3.63, 3.8) is 0 Å². The molecule has 1 aromatic carbocycles. The SMILES string of the molecule is C#CCCCc1cc(CC2SCC(=O)N2NCC)cc(CCCC#C)c1O. The number of thioether (sulfide) groups is 1. The van der Waals surface area contributed by atoms with Gasteiger partial charge in [0.25, 0.3) is 0 Å². The number of aromatic hydroxyl groups is 1. The van der Waals surface area contributed by atoms with Crippen LogP contribution in [0.2, 0.25) is 0 Å². The molecule has 5 heteroatoms. The molecule has 0 saturated carbocycles. The second-order valence-corrected chi connectivity index (χ2v) is 7.79. The minimum atomic E-state index is 0.0686. The zero-order valence-corrected chi connectivity index (χ0v) is 16.8. The number of hydrazine groups is 1. The second kappa shape index (κ2) is 10.9. The van der Waals surface area contributed by atoms with E-state index in [1.165, 1.54) is 0 Å². The fraction of sp³-hybridized carbons (Fsp3) is 0.500. The molecule has 144 valence electrons. The summed E-state index contributed by atoms with van der Waals surface area (Å²) in [7, 11) is 0. The van der Waals surface area contributed by atoms with Gasteiger partial charge in [-0.1, -0.05) is 19.1 Å². The van der Waals surface area contributed by atoms with Crippen LogP contribution in [0.4, 0.5) is 0 Å². The van der Waals surface area contributed by atoms with Crippen molar-refractivity contribution in [2.75, 3.05) is 12.3 Å². The highest BCUT2D eigenvalue weighted by Crippen LogP contribution is 2.31. The van der Waals surface area contributed by atoms with E-state index in [4.69, 9.17) is 12.8 Å². The van der Waals surface area contributed by atoms with Crippen LogP contribution in [0.15, 0.2) is 12.1 Å². The lowest BCUT2D eigenvalue weighted by Gasteiger charge is -2.24.